The van der Waals surface area contributed by atoms with E-state index in [0.717, 1.165) is 5.69 Å². The Bertz CT molecular complexity index is 622. The summed E-state index contributed by atoms with van der Waals surface area (Å²) < 4.78 is 1.58. The zero-order chi connectivity index (χ0) is 14.0. The Labute approximate surface area is 121 Å². The highest BCUT2D eigenvalue weighted by Gasteiger charge is 2.19. The topological polar surface area (TPSA) is 47.8 Å². The summed E-state index contributed by atoms with van der Waals surface area (Å²) in [6.07, 6.45) is 1.03. The Kier molecular flexibility index (Phi) is 4.22. The quantitative estimate of drug-likeness (QED) is 0.808. The van der Waals surface area contributed by atoms with E-state index in [1.165, 1.54) is 0 Å². The Morgan fingerprint density at radius 1 is 1.32 bits per heavy atom. The van der Waals surface area contributed by atoms with Crippen molar-refractivity contribution in [2.75, 3.05) is 0 Å². The molecular weight excluding hydrogens is 285 g/mol. The first-order valence-electron chi connectivity index (χ1n) is 6.02. The molecule has 0 aliphatic heterocycles. The standard InChI is InChI=1S/C13H13Cl2N3O/c1-3-9-13(11(19)4-2)16-17-18(9)10-7-5-6-8(14)12(10)15/h5-7H,3-4H2,1-2H3. The van der Waals surface area contributed by atoms with Crippen LogP contribution in [0.1, 0.15) is 36.5 Å². The molecule has 1 aromatic heterocycles. The number of halogens is 2. The van der Waals surface area contributed by atoms with Gasteiger partial charge in [0.25, 0.3) is 0 Å². The van der Waals surface area contributed by atoms with Crippen molar-refractivity contribution < 1.29 is 4.79 Å². The van der Waals surface area contributed by atoms with Crippen LogP contribution in [0.4, 0.5) is 0 Å². The molecule has 0 aliphatic rings. The van der Waals surface area contributed by atoms with E-state index in [-0.39, 0.29) is 5.78 Å². The molecule has 0 bridgehead atoms. The Hall–Kier alpha value is -1.39. The molecule has 6 heteroatoms. The van der Waals surface area contributed by atoms with Crippen molar-refractivity contribution in [1.82, 2.24) is 15.0 Å². The molecule has 0 fully saturated rings. The lowest BCUT2D eigenvalue weighted by molar-refractivity contribution is 0.0982. The van der Waals surface area contributed by atoms with E-state index < -0.39 is 0 Å². The number of benzene rings is 1. The number of hydrogen-bond acceptors (Lipinski definition) is 3. The maximum atomic E-state index is 11.8. The molecular formula is C13H13Cl2N3O. The fraction of sp³-hybridized carbons (Fsp3) is 0.308. The molecule has 0 atom stereocenters. The van der Waals surface area contributed by atoms with Gasteiger partial charge in [-0.15, -0.1) is 5.10 Å². The molecule has 0 saturated heterocycles. The summed E-state index contributed by atoms with van der Waals surface area (Å²) in [6.45, 7) is 3.74. The van der Waals surface area contributed by atoms with E-state index in [1.807, 2.05) is 6.92 Å². The Morgan fingerprint density at radius 3 is 2.68 bits per heavy atom. The van der Waals surface area contributed by atoms with Gasteiger partial charge in [0.2, 0.25) is 0 Å². The molecule has 0 aliphatic carbocycles. The third kappa shape index (κ3) is 2.51. The van der Waals surface area contributed by atoms with E-state index in [4.69, 9.17) is 23.2 Å². The van der Waals surface area contributed by atoms with Crippen molar-refractivity contribution in [3.8, 4) is 5.69 Å². The van der Waals surface area contributed by atoms with Crippen LogP contribution in [0.2, 0.25) is 10.0 Å². The average Bonchev–Trinajstić information content (AvgIpc) is 2.84. The second kappa shape index (κ2) is 5.72. The lowest BCUT2D eigenvalue weighted by atomic mass is 10.1. The van der Waals surface area contributed by atoms with Gasteiger partial charge in [0.05, 0.1) is 21.4 Å². The van der Waals surface area contributed by atoms with Crippen molar-refractivity contribution >= 4 is 29.0 Å². The minimum atomic E-state index is -0.0266. The predicted molar refractivity (Wildman–Crippen MR) is 75.4 cm³/mol. The fourth-order valence-electron chi connectivity index (χ4n) is 1.85. The maximum absolute atomic E-state index is 11.8. The number of hydrogen-bond donors (Lipinski definition) is 0. The van der Waals surface area contributed by atoms with Gasteiger partial charge >= 0.3 is 0 Å². The van der Waals surface area contributed by atoms with Crippen LogP contribution in [0.5, 0.6) is 0 Å². The Balaban J connectivity index is 2.60. The molecule has 0 amide bonds. The smallest absolute Gasteiger partial charge is 0.184 e. The third-order valence-electron chi connectivity index (χ3n) is 2.84. The summed E-state index contributed by atoms with van der Waals surface area (Å²) in [5, 5.41) is 8.84. The van der Waals surface area contributed by atoms with Crippen LogP contribution >= 0.6 is 23.2 Å². The van der Waals surface area contributed by atoms with Crippen molar-refractivity contribution in [3.05, 3.63) is 39.6 Å². The number of rotatable bonds is 4. The van der Waals surface area contributed by atoms with E-state index in [2.05, 4.69) is 10.3 Å². The average molecular weight is 298 g/mol. The lowest BCUT2D eigenvalue weighted by Gasteiger charge is -2.08. The van der Waals surface area contributed by atoms with E-state index >= 15 is 0 Å². The zero-order valence-corrected chi connectivity index (χ0v) is 12.2. The minimum Gasteiger partial charge on any atom is -0.292 e. The Morgan fingerprint density at radius 2 is 2.05 bits per heavy atom. The van der Waals surface area contributed by atoms with Crippen molar-refractivity contribution in [3.63, 3.8) is 0 Å². The first-order valence-corrected chi connectivity index (χ1v) is 6.77. The molecule has 100 valence electrons. The lowest BCUT2D eigenvalue weighted by Crippen LogP contribution is -2.06. The highest BCUT2D eigenvalue weighted by atomic mass is 35.5. The largest absolute Gasteiger partial charge is 0.292 e. The number of nitrogens with zero attached hydrogens (tertiary/aromatic N) is 3. The number of carbonyl (C=O) groups excluding carboxylic acids is 1. The fourth-order valence-corrected chi connectivity index (χ4v) is 2.23. The summed E-state index contributed by atoms with van der Waals surface area (Å²) in [5.74, 6) is -0.0266. The predicted octanol–water partition coefficient (Wildman–Crippen LogP) is 3.73. The molecule has 0 radical (unpaired) electrons. The molecule has 1 aromatic carbocycles. The van der Waals surface area contributed by atoms with Crippen molar-refractivity contribution in [1.29, 1.82) is 0 Å². The van der Waals surface area contributed by atoms with Crippen LogP contribution in [-0.2, 0) is 6.42 Å². The van der Waals surface area contributed by atoms with E-state index in [0.29, 0.717) is 34.3 Å². The van der Waals surface area contributed by atoms with Crippen LogP contribution in [0, 0.1) is 0 Å². The van der Waals surface area contributed by atoms with Gasteiger partial charge in [-0.25, -0.2) is 4.68 Å². The van der Waals surface area contributed by atoms with Crippen LogP contribution in [0.15, 0.2) is 18.2 Å². The van der Waals surface area contributed by atoms with Gasteiger partial charge in [-0.2, -0.15) is 0 Å². The van der Waals surface area contributed by atoms with Crippen molar-refractivity contribution in [2.24, 2.45) is 0 Å². The van der Waals surface area contributed by atoms with Gasteiger partial charge in [-0.1, -0.05) is 48.3 Å². The van der Waals surface area contributed by atoms with Gasteiger partial charge in [-0.3, -0.25) is 4.79 Å². The molecule has 2 aromatic rings. The van der Waals surface area contributed by atoms with Crippen LogP contribution in [0.25, 0.3) is 5.69 Å². The van der Waals surface area contributed by atoms with Gasteiger partial charge in [0.1, 0.15) is 0 Å². The summed E-state index contributed by atoms with van der Waals surface area (Å²) in [6, 6.07) is 5.28. The van der Waals surface area contributed by atoms with Crippen molar-refractivity contribution in [2.45, 2.75) is 26.7 Å². The third-order valence-corrected chi connectivity index (χ3v) is 3.65. The minimum absolute atomic E-state index is 0.0266. The van der Waals surface area contributed by atoms with E-state index in [1.54, 1.807) is 29.8 Å². The molecule has 0 N–H and O–H groups in total. The highest BCUT2D eigenvalue weighted by Crippen LogP contribution is 2.29. The normalized spacial score (nSPS) is 10.7. The molecule has 0 unspecified atom stereocenters. The number of Topliss-reactive ketones (excluding diaryl/α,β-unsaturated/α-hetero) is 1. The summed E-state index contributed by atoms with van der Waals surface area (Å²) in [4.78, 5) is 11.8. The van der Waals surface area contributed by atoms with Gasteiger partial charge < -0.3 is 0 Å². The van der Waals surface area contributed by atoms with Gasteiger partial charge in [0, 0.05) is 6.42 Å². The number of carbonyl (C=O) groups is 1. The van der Waals surface area contributed by atoms with E-state index in [9.17, 15) is 4.79 Å². The van der Waals surface area contributed by atoms with Crippen LogP contribution < -0.4 is 0 Å². The first-order chi connectivity index (χ1) is 9.10. The number of aromatic nitrogens is 3. The first kappa shape index (κ1) is 14.0. The molecule has 0 saturated carbocycles. The zero-order valence-electron chi connectivity index (χ0n) is 10.7. The highest BCUT2D eigenvalue weighted by molar-refractivity contribution is 6.43. The summed E-state index contributed by atoms with van der Waals surface area (Å²) in [5.41, 5.74) is 1.78. The summed E-state index contributed by atoms with van der Waals surface area (Å²) >= 11 is 12.2. The molecule has 4 nitrogen and oxygen atoms in total. The SMILES string of the molecule is CCC(=O)c1nnn(-c2cccc(Cl)c2Cl)c1CC. The van der Waals surface area contributed by atoms with Crippen LogP contribution in [0.3, 0.4) is 0 Å². The molecule has 1 heterocycles. The molecule has 2 rings (SSSR count). The molecule has 19 heavy (non-hydrogen) atoms. The van der Waals surface area contributed by atoms with Gasteiger partial charge in [-0.05, 0) is 18.6 Å². The second-order valence-electron chi connectivity index (χ2n) is 4.00. The monoisotopic (exact) mass is 297 g/mol. The maximum Gasteiger partial charge on any atom is 0.184 e. The van der Waals surface area contributed by atoms with Crippen LogP contribution in [-0.4, -0.2) is 20.8 Å². The number of ketones is 1. The van der Waals surface area contributed by atoms with Gasteiger partial charge in [0.15, 0.2) is 11.5 Å². The molecule has 0 spiro atoms. The second-order valence-corrected chi connectivity index (χ2v) is 4.78. The summed E-state index contributed by atoms with van der Waals surface area (Å²) in [7, 11) is 0.